The van der Waals surface area contributed by atoms with Gasteiger partial charge in [-0.05, 0) is 42.8 Å². The van der Waals surface area contributed by atoms with E-state index in [0.717, 1.165) is 36.5 Å². The van der Waals surface area contributed by atoms with Gasteiger partial charge >= 0.3 is 0 Å². The molecule has 0 saturated carbocycles. The Morgan fingerprint density at radius 2 is 1.85 bits per heavy atom. The number of rotatable bonds is 4. The van der Waals surface area contributed by atoms with E-state index >= 15 is 0 Å². The van der Waals surface area contributed by atoms with Crippen LogP contribution in [0.25, 0.3) is 11.3 Å². The summed E-state index contributed by atoms with van der Waals surface area (Å²) < 4.78 is 31.0. The fourth-order valence-corrected chi connectivity index (χ4v) is 3.40. The fourth-order valence-electron chi connectivity index (χ4n) is 3.40. The number of carbonyl (C=O) groups is 1. The summed E-state index contributed by atoms with van der Waals surface area (Å²) >= 11 is 0. The number of halogens is 3. The van der Waals surface area contributed by atoms with Crippen LogP contribution in [0.4, 0.5) is 14.5 Å². The molecule has 0 fully saturated rings. The summed E-state index contributed by atoms with van der Waals surface area (Å²) in [6.07, 6.45) is 3.77. The summed E-state index contributed by atoms with van der Waals surface area (Å²) in [7, 11) is 0. The van der Waals surface area contributed by atoms with Crippen molar-refractivity contribution in [1.82, 2.24) is 4.57 Å². The maximum Gasteiger partial charge on any atom is 0.266 e. The predicted molar refractivity (Wildman–Crippen MR) is 93.4 cm³/mol. The minimum absolute atomic E-state index is 0. The molecule has 27 heavy (non-hydrogen) atoms. The van der Waals surface area contributed by atoms with Crippen LogP contribution in [0.1, 0.15) is 12.2 Å². The van der Waals surface area contributed by atoms with Crippen molar-refractivity contribution in [3.63, 3.8) is 0 Å². The van der Waals surface area contributed by atoms with E-state index in [1.165, 1.54) is 24.3 Å². The third-order valence-corrected chi connectivity index (χ3v) is 4.60. The first-order valence-corrected chi connectivity index (χ1v) is 8.54. The molecule has 0 spiro atoms. The average molecular weight is 390 g/mol. The summed E-state index contributed by atoms with van der Waals surface area (Å²) in [6.45, 7) is 0.967. The van der Waals surface area contributed by atoms with Gasteiger partial charge in [0.15, 0.2) is 12.2 Å². The second-order valence-electron chi connectivity index (χ2n) is 6.35. The fraction of sp³-hybridized carbons (Fsp3) is 0.200. The van der Waals surface area contributed by atoms with Crippen LogP contribution in [0, 0.1) is 11.6 Å². The molecule has 0 saturated heterocycles. The standard InChI is InChI=1S/C20H17F2N3O.ClH/c21-15-9-7-14(8-10-15)18-12-24(20-6-3-11-25(18)20)13-19(26)23-17-5-2-1-4-16(17)22;/h1-2,4-5,7-10,12H,3,6,11,13H2;1H. The highest BCUT2D eigenvalue weighted by Gasteiger charge is 2.29. The maximum absolute atomic E-state index is 13.7. The molecule has 0 unspecified atom stereocenters. The maximum atomic E-state index is 13.7. The molecule has 1 aliphatic rings. The summed E-state index contributed by atoms with van der Waals surface area (Å²) in [4.78, 5) is 12.4. The normalized spacial score (nSPS) is 12.4. The monoisotopic (exact) mass is 389 g/mol. The van der Waals surface area contributed by atoms with Gasteiger partial charge < -0.3 is 17.7 Å². The number of anilines is 1. The van der Waals surface area contributed by atoms with Gasteiger partial charge in [0.1, 0.15) is 17.8 Å². The van der Waals surface area contributed by atoms with Crippen LogP contribution in [0.5, 0.6) is 0 Å². The molecule has 3 aromatic rings. The van der Waals surface area contributed by atoms with E-state index in [9.17, 15) is 13.6 Å². The van der Waals surface area contributed by atoms with E-state index in [-0.39, 0.29) is 36.4 Å². The van der Waals surface area contributed by atoms with Crippen LogP contribution in [0.3, 0.4) is 0 Å². The van der Waals surface area contributed by atoms with Crippen LogP contribution in [-0.2, 0) is 24.3 Å². The van der Waals surface area contributed by atoms with Crippen molar-refractivity contribution in [2.45, 2.75) is 25.9 Å². The number of benzene rings is 2. The molecule has 2 aromatic carbocycles. The van der Waals surface area contributed by atoms with E-state index in [1.807, 2.05) is 10.8 Å². The zero-order valence-electron chi connectivity index (χ0n) is 14.5. The van der Waals surface area contributed by atoms with Crippen molar-refractivity contribution in [3.05, 3.63) is 72.2 Å². The number of imidazole rings is 1. The lowest BCUT2D eigenvalue weighted by Crippen LogP contribution is -3.00. The third kappa shape index (κ3) is 3.85. The molecule has 4 nitrogen and oxygen atoms in total. The van der Waals surface area contributed by atoms with E-state index in [4.69, 9.17) is 0 Å². The van der Waals surface area contributed by atoms with Gasteiger partial charge in [-0.25, -0.2) is 17.9 Å². The Labute approximate surface area is 161 Å². The summed E-state index contributed by atoms with van der Waals surface area (Å²) in [5.41, 5.74) is 2.03. The number of aromatic nitrogens is 2. The van der Waals surface area contributed by atoms with Gasteiger partial charge in [-0.1, -0.05) is 12.1 Å². The number of carbonyl (C=O) groups excluding carboxylic acids is 1. The van der Waals surface area contributed by atoms with Crippen LogP contribution in [-0.4, -0.2) is 10.5 Å². The smallest absolute Gasteiger partial charge is 0.266 e. The number of fused-ring (bicyclic) bond motifs is 1. The molecule has 4 rings (SSSR count). The highest BCUT2D eigenvalue weighted by molar-refractivity contribution is 5.89. The van der Waals surface area contributed by atoms with Crippen molar-refractivity contribution < 1.29 is 30.5 Å². The zero-order valence-corrected chi connectivity index (χ0v) is 15.2. The van der Waals surface area contributed by atoms with E-state index in [2.05, 4.69) is 9.88 Å². The molecule has 140 valence electrons. The average Bonchev–Trinajstić information content (AvgIpc) is 3.22. The molecule has 1 aromatic heterocycles. The summed E-state index contributed by atoms with van der Waals surface area (Å²) in [5.74, 6) is 0.0260. The number of hydrogen-bond acceptors (Lipinski definition) is 1. The molecule has 1 N–H and O–H groups in total. The highest BCUT2D eigenvalue weighted by Crippen LogP contribution is 2.25. The van der Waals surface area contributed by atoms with Gasteiger partial charge in [0, 0.05) is 5.56 Å². The first-order chi connectivity index (χ1) is 12.6. The van der Waals surface area contributed by atoms with Crippen LogP contribution in [0.15, 0.2) is 54.7 Å². The Balaban J connectivity index is 0.00000210. The van der Waals surface area contributed by atoms with Gasteiger partial charge in [0.2, 0.25) is 0 Å². The molecular formula is C20H18ClF2N3O. The first-order valence-electron chi connectivity index (χ1n) is 8.54. The predicted octanol–water partition coefficient (Wildman–Crippen LogP) is 0.310. The Morgan fingerprint density at radius 3 is 2.59 bits per heavy atom. The largest absolute Gasteiger partial charge is 1.00 e. The molecule has 7 heteroatoms. The minimum atomic E-state index is -0.458. The first kappa shape index (κ1) is 19.0. The van der Waals surface area contributed by atoms with Crippen LogP contribution in [0.2, 0.25) is 0 Å². The second-order valence-corrected chi connectivity index (χ2v) is 6.35. The third-order valence-electron chi connectivity index (χ3n) is 4.60. The molecular weight excluding hydrogens is 372 g/mol. The molecule has 0 bridgehead atoms. The lowest BCUT2D eigenvalue weighted by atomic mass is 10.1. The molecule has 0 aliphatic carbocycles. The highest BCUT2D eigenvalue weighted by atomic mass is 35.5. The number of amides is 1. The molecule has 1 amide bonds. The Kier molecular flexibility index (Phi) is 5.56. The van der Waals surface area contributed by atoms with E-state index in [1.54, 1.807) is 24.3 Å². The number of hydrogen-bond donors (Lipinski definition) is 1. The van der Waals surface area contributed by atoms with Gasteiger partial charge in [-0.15, -0.1) is 0 Å². The lowest BCUT2D eigenvalue weighted by Gasteiger charge is -2.05. The second kappa shape index (κ2) is 7.88. The summed E-state index contributed by atoms with van der Waals surface area (Å²) in [6, 6.07) is 12.4. The van der Waals surface area contributed by atoms with Gasteiger partial charge in [-0.3, -0.25) is 4.79 Å². The minimum Gasteiger partial charge on any atom is -1.00 e. The SMILES string of the molecule is O=C(C[n+]1cc(-c2ccc(F)cc2)n2c1CCC2)Nc1ccccc1F.[Cl-]. The van der Waals surface area contributed by atoms with Crippen molar-refractivity contribution in [1.29, 1.82) is 0 Å². The quantitative estimate of drug-likeness (QED) is 0.641. The molecule has 2 heterocycles. The number of nitrogens with zero attached hydrogens (tertiary/aromatic N) is 2. The molecule has 1 aliphatic heterocycles. The van der Waals surface area contributed by atoms with E-state index < -0.39 is 5.82 Å². The Bertz CT molecular complexity index is 970. The van der Waals surface area contributed by atoms with Crippen molar-refractivity contribution in [3.8, 4) is 11.3 Å². The Hall–Kier alpha value is -2.73. The van der Waals surface area contributed by atoms with Crippen molar-refractivity contribution >= 4 is 11.6 Å². The van der Waals surface area contributed by atoms with E-state index in [0.29, 0.717) is 0 Å². The molecule has 0 atom stereocenters. The van der Waals surface area contributed by atoms with Crippen LogP contribution >= 0.6 is 0 Å². The lowest BCUT2D eigenvalue weighted by molar-refractivity contribution is -0.690. The van der Waals surface area contributed by atoms with Gasteiger partial charge in [0.05, 0.1) is 18.7 Å². The van der Waals surface area contributed by atoms with Gasteiger partial charge in [-0.2, -0.15) is 0 Å². The van der Waals surface area contributed by atoms with Crippen molar-refractivity contribution in [2.24, 2.45) is 0 Å². The van der Waals surface area contributed by atoms with Crippen molar-refractivity contribution in [2.75, 3.05) is 5.32 Å². The van der Waals surface area contributed by atoms with Gasteiger partial charge in [0.25, 0.3) is 11.7 Å². The Morgan fingerprint density at radius 1 is 1.11 bits per heavy atom. The number of para-hydroxylation sites is 1. The number of nitrogens with one attached hydrogen (secondary N) is 1. The molecule has 0 radical (unpaired) electrons. The zero-order chi connectivity index (χ0) is 18.1. The van der Waals surface area contributed by atoms with Crippen LogP contribution < -0.4 is 22.3 Å². The topological polar surface area (TPSA) is 37.9 Å². The summed E-state index contributed by atoms with van der Waals surface area (Å²) in [5, 5.41) is 2.61.